The molecule has 2 nitrogen and oxygen atoms in total. The van der Waals surface area contributed by atoms with Crippen LogP contribution in [0, 0.1) is 11.8 Å². The fraction of sp³-hybridized carbons (Fsp3) is 1.00. The molecule has 2 unspecified atom stereocenters. The van der Waals surface area contributed by atoms with Gasteiger partial charge in [-0.25, -0.2) is 0 Å². The molecule has 1 aliphatic heterocycles. The molecule has 1 N–H and O–H groups in total. The molecule has 2 heteroatoms. The normalized spacial score (nSPS) is 36.3. The smallest absolute Gasteiger partial charge is 0.0471 e. The molecule has 0 saturated carbocycles. The van der Waals surface area contributed by atoms with Gasteiger partial charge in [-0.2, -0.15) is 0 Å². The van der Waals surface area contributed by atoms with E-state index in [-0.39, 0.29) is 0 Å². The van der Waals surface area contributed by atoms with Crippen molar-refractivity contribution in [1.29, 1.82) is 0 Å². The molecule has 1 heterocycles. The Bertz CT molecular complexity index is 95.4. The van der Waals surface area contributed by atoms with Crippen molar-refractivity contribution >= 4 is 0 Å². The summed E-state index contributed by atoms with van der Waals surface area (Å²) in [6.07, 6.45) is 1.20. The minimum absolute atomic E-state index is 0.356. The van der Waals surface area contributed by atoms with Crippen molar-refractivity contribution < 1.29 is 5.11 Å². The molecule has 1 saturated heterocycles. The lowest BCUT2D eigenvalue weighted by molar-refractivity contribution is 0.108. The number of aliphatic hydroxyl groups excluding tert-OH is 1. The van der Waals surface area contributed by atoms with Gasteiger partial charge in [-0.05, 0) is 25.3 Å². The third-order valence-electron chi connectivity index (χ3n) is 2.19. The van der Waals surface area contributed by atoms with Gasteiger partial charge in [-0.15, -0.1) is 0 Å². The van der Waals surface area contributed by atoms with E-state index < -0.39 is 0 Å². The second-order valence-electron chi connectivity index (χ2n) is 3.61. The average molecular weight is 143 g/mol. The standard InChI is InChI=1S/C8H17NO/c1-7-3-8(6-10)5-9(2)4-7/h7-8,10H,3-6H2,1-2H3. The molecule has 0 spiro atoms. The highest BCUT2D eigenvalue weighted by Crippen LogP contribution is 2.19. The Balaban J connectivity index is 2.35. The number of nitrogens with zero attached hydrogens (tertiary/aromatic N) is 1. The van der Waals surface area contributed by atoms with Gasteiger partial charge >= 0.3 is 0 Å². The van der Waals surface area contributed by atoms with Gasteiger partial charge in [0.05, 0.1) is 0 Å². The van der Waals surface area contributed by atoms with Crippen LogP contribution in [0.15, 0.2) is 0 Å². The van der Waals surface area contributed by atoms with Crippen molar-refractivity contribution in [3.8, 4) is 0 Å². The molecule has 0 aromatic rings. The number of hydrogen-bond donors (Lipinski definition) is 1. The Morgan fingerprint density at radius 2 is 2.20 bits per heavy atom. The van der Waals surface area contributed by atoms with E-state index in [1.54, 1.807) is 0 Å². The molecule has 0 aromatic heterocycles. The van der Waals surface area contributed by atoms with Crippen molar-refractivity contribution in [2.24, 2.45) is 11.8 Å². The highest BCUT2D eigenvalue weighted by molar-refractivity contribution is 4.73. The predicted molar refractivity (Wildman–Crippen MR) is 41.9 cm³/mol. The molecular weight excluding hydrogens is 126 g/mol. The Morgan fingerprint density at radius 3 is 2.70 bits per heavy atom. The summed E-state index contributed by atoms with van der Waals surface area (Å²) >= 11 is 0. The van der Waals surface area contributed by atoms with Crippen LogP contribution in [0.5, 0.6) is 0 Å². The lowest BCUT2D eigenvalue weighted by Gasteiger charge is -2.32. The zero-order valence-electron chi connectivity index (χ0n) is 6.88. The van der Waals surface area contributed by atoms with E-state index in [9.17, 15) is 0 Å². The quantitative estimate of drug-likeness (QED) is 0.580. The zero-order valence-corrected chi connectivity index (χ0v) is 6.88. The van der Waals surface area contributed by atoms with Gasteiger partial charge in [-0.1, -0.05) is 6.92 Å². The first kappa shape index (κ1) is 8.02. The second kappa shape index (κ2) is 3.35. The maximum absolute atomic E-state index is 8.90. The third kappa shape index (κ3) is 1.96. The van der Waals surface area contributed by atoms with Crippen LogP contribution in [0.1, 0.15) is 13.3 Å². The molecule has 10 heavy (non-hydrogen) atoms. The summed E-state index contributed by atoms with van der Waals surface area (Å²) in [5, 5.41) is 8.90. The van der Waals surface area contributed by atoms with Crippen LogP contribution in [0.2, 0.25) is 0 Å². The van der Waals surface area contributed by atoms with E-state index in [4.69, 9.17) is 5.11 Å². The molecule has 0 radical (unpaired) electrons. The molecule has 1 aliphatic rings. The average Bonchev–Trinajstić information content (AvgIpc) is 1.85. The van der Waals surface area contributed by atoms with Crippen LogP contribution in [-0.4, -0.2) is 36.8 Å². The molecule has 1 rings (SSSR count). The van der Waals surface area contributed by atoms with Gasteiger partial charge in [0.15, 0.2) is 0 Å². The van der Waals surface area contributed by atoms with Gasteiger partial charge in [0, 0.05) is 19.7 Å². The lowest BCUT2D eigenvalue weighted by Crippen LogP contribution is -2.38. The summed E-state index contributed by atoms with van der Waals surface area (Å²) in [4.78, 5) is 2.30. The minimum Gasteiger partial charge on any atom is -0.396 e. The summed E-state index contributed by atoms with van der Waals surface area (Å²) in [5.74, 6) is 1.28. The summed E-state index contributed by atoms with van der Waals surface area (Å²) in [6.45, 7) is 4.87. The lowest BCUT2D eigenvalue weighted by atomic mass is 9.91. The Hall–Kier alpha value is -0.0800. The van der Waals surface area contributed by atoms with Crippen molar-refractivity contribution in [3.05, 3.63) is 0 Å². The molecular formula is C8H17NO. The Kier molecular flexibility index (Phi) is 2.69. The highest BCUT2D eigenvalue weighted by atomic mass is 16.3. The summed E-state index contributed by atoms with van der Waals surface area (Å²) in [5.41, 5.74) is 0. The van der Waals surface area contributed by atoms with Gasteiger partial charge in [0.25, 0.3) is 0 Å². The minimum atomic E-state index is 0.356. The molecule has 1 fully saturated rings. The maximum atomic E-state index is 8.90. The van der Waals surface area contributed by atoms with Crippen molar-refractivity contribution in [1.82, 2.24) is 4.90 Å². The van der Waals surface area contributed by atoms with E-state index in [1.807, 2.05) is 0 Å². The first-order valence-corrected chi connectivity index (χ1v) is 4.01. The third-order valence-corrected chi connectivity index (χ3v) is 2.19. The SMILES string of the molecule is CC1CC(CO)CN(C)C1. The molecule has 60 valence electrons. The molecule has 0 amide bonds. The van der Waals surface area contributed by atoms with Crippen LogP contribution in [0.4, 0.5) is 0 Å². The van der Waals surface area contributed by atoms with Crippen LogP contribution in [0.25, 0.3) is 0 Å². The largest absolute Gasteiger partial charge is 0.396 e. The number of aliphatic hydroxyl groups is 1. The molecule has 0 aromatic carbocycles. The van der Waals surface area contributed by atoms with Gasteiger partial charge in [0.1, 0.15) is 0 Å². The zero-order chi connectivity index (χ0) is 7.56. The van der Waals surface area contributed by atoms with Crippen LogP contribution in [-0.2, 0) is 0 Å². The highest BCUT2D eigenvalue weighted by Gasteiger charge is 2.20. The van der Waals surface area contributed by atoms with Gasteiger partial charge < -0.3 is 10.0 Å². The Labute approximate surface area is 62.8 Å². The van der Waals surface area contributed by atoms with E-state index in [2.05, 4.69) is 18.9 Å². The molecule has 2 atom stereocenters. The van der Waals surface area contributed by atoms with E-state index in [0.717, 1.165) is 12.5 Å². The van der Waals surface area contributed by atoms with Gasteiger partial charge in [0.2, 0.25) is 0 Å². The Morgan fingerprint density at radius 1 is 1.50 bits per heavy atom. The number of hydrogen-bond acceptors (Lipinski definition) is 2. The first-order chi connectivity index (χ1) is 4.72. The topological polar surface area (TPSA) is 23.5 Å². The maximum Gasteiger partial charge on any atom is 0.0471 e. The number of likely N-dealkylation sites (tertiary alicyclic amines) is 1. The number of rotatable bonds is 1. The predicted octanol–water partition coefficient (Wildman–Crippen LogP) is 0.567. The summed E-state index contributed by atoms with van der Waals surface area (Å²) in [6, 6.07) is 0. The molecule has 0 bridgehead atoms. The summed E-state index contributed by atoms with van der Waals surface area (Å²) in [7, 11) is 2.12. The second-order valence-corrected chi connectivity index (χ2v) is 3.61. The van der Waals surface area contributed by atoms with Crippen LogP contribution >= 0.6 is 0 Å². The van der Waals surface area contributed by atoms with Crippen molar-refractivity contribution in [2.75, 3.05) is 26.7 Å². The molecule has 0 aliphatic carbocycles. The number of piperidine rings is 1. The van der Waals surface area contributed by atoms with Crippen LogP contribution in [0.3, 0.4) is 0 Å². The van der Waals surface area contributed by atoms with E-state index in [0.29, 0.717) is 12.5 Å². The van der Waals surface area contributed by atoms with Crippen molar-refractivity contribution in [3.63, 3.8) is 0 Å². The fourth-order valence-corrected chi connectivity index (χ4v) is 1.90. The van der Waals surface area contributed by atoms with Crippen molar-refractivity contribution in [2.45, 2.75) is 13.3 Å². The van der Waals surface area contributed by atoms with Crippen LogP contribution < -0.4 is 0 Å². The van der Waals surface area contributed by atoms with Gasteiger partial charge in [-0.3, -0.25) is 0 Å². The monoisotopic (exact) mass is 143 g/mol. The van der Waals surface area contributed by atoms with E-state index >= 15 is 0 Å². The first-order valence-electron chi connectivity index (χ1n) is 4.01. The van der Waals surface area contributed by atoms with E-state index in [1.165, 1.54) is 13.0 Å². The summed E-state index contributed by atoms with van der Waals surface area (Å²) < 4.78 is 0. The fourth-order valence-electron chi connectivity index (χ4n) is 1.90.